The second kappa shape index (κ2) is 7.02. The topological polar surface area (TPSA) is 148 Å². The minimum absolute atomic E-state index is 0.0469. The Morgan fingerprint density at radius 1 is 1.38 bits per heavy atom. The zero-order valence-electron chi connectivity index (χ0n) is 11.7. The molecule has 0 aromatic carbocycles. The molecule has 2 amide bonds. The number of likely N-dealkylation sites (tertiary alicyclic amines) is 1. The van der Waals surface area contributed by atoms with E-state index in [1.54, 1.807) is 13.8 Å². The molecule has 0 unspecified atom stereocenters. The Balaban J connectivity index is 2.73. The van der Waals surface area contributed by atoms with Gasteiger partial charge in [-0.3, -0.25) is 14.2 Å². The fraction of sp³-hybridized carbons (Fsp3) is 0.800. The van der Waals surface area contributed by atoms with Gasteiger partial charge in [-0.05, 0) is 26.7 Å². The standard InChI is InChI=1S/C10H19N3O7S/c1-6(2)19-10(15)13-5-7(12-20-21(16,17)18)3-4-8(13)9(11)14/h6-8,12H,3-5H2,1-2H3,(H2,11,14)(H,16,17,18)/t7-,8+/m1/s1. The summed E-state index contributed by atoms with van der Waals surface area (Å²) in [5.74, 6) is -0.676. The van der Waals surface area contributed by atoms with Gasteiger partial charge in [-0.2, -0.15) is 18.2 Å². The number of nitrogens with two attached hydrogens (primary N) is 1. The zero-order chi connectivity index (χ0) is 16.2. The summed E-state index contributed by atoms with van der Waals surface area (Å²) in [7, 11) is -4.65. The molecule has 0 aromatic rings. The highest BCUT2D eigenvalue weighted by Crippen LogP contribution is 2.19. The fourth-order valence-electron chi connectivity index (χ4n) is 1.96. The lowest BCUT2D eigenvalue weighted by molar-refractivity contribution is -0.124. The molecule has 0 aliphatic carbocycles. The number of rotatable bonds is 5. The van der Waals surface area contributed by atoms with Gasteiger partial charge in [0.05, 0.1) is 12.1 Å². The first kappa shape index (κ1) is 17.6. The summed E-state index contributed by atoms with van der Waals surface area (Å²) in [5.41, 5.74) is 7.36. The van der Waals surface area contributed by atoms with E-state index in [1.165, 1.54) is 0 Å². The van der Waals surface area contributed by atoms with Crippen molar-refractivity contribution >= 4 is 22.4 Å². The van der Waals surface area contributed by atoms with Crippen molar-refractivity contribution < 1.29 is 31.6 Å². The molecule has 0 bridgehead atoms. The van der Waals surface area contributed by atoms with E-state index in [1.807, 2.05) is 0 Å². The van der Waals surface area contributed by atoms with Crippen LogP contribution in [0, 0.1) is 0 Å². The smallest absolute Gasteiger partial charge is 0.413 e. The second-order valence-corrected chi connectivity index (χ2v) is 5.93. The number of nitrogens with zero attached hydrogens (tertiary/aromatic N) is 1. The van der Waals surface area contributed by atoms with Crippen LogP contribution in [-0.4, -0.2) is 54.6 Å². The minimum Gasteiger partial charge on any atom is -0.447 e. The van der Waals surface area contributed by atoms with Crippen molar-refractivity contribution in [2.75, 3.05) is 6.54 Å². The average Bonchev–Trinajstić information content (AvgIpc) is 2.34. The Labute approximate surface area is 122 Å². The second-order valence-electron chi connectivity index (χ2n) is 4.91. The molecule has 0 radical (unpaired) electrons. The maximum absolute atomic E-state index is 11.9. The molecule has 11 heteroatoms. The van der Waals surface area contributed by atoms with Gasteiger partial charge in [0.25, 0.3) is 0 Å². The van der Waals surface area contributed by atoms with Crippen LogP contribution < -0.4 is 11.2 Å². The van der Waals surface area contributed by atoms with Crippen molar-refractivity contribution in [1.82, 2.24) is 10.4 Å². The van der Waals surface area contributed by atoms with Crippen molar-refractivity contribution in [2.45, 2.75) is 44.9 Å². The molecule has 10 nitrogen and oxygen atoms in total. The summed E-state index contributed by atoms with van der Waals surface area (Å²) in [6, 6.07) is -1.43. The van der Waals surface area contributed by atoms with Crippen LogP contribution >= 0.6 is 0 Å². The Morgan fingerprint density at radius 2 is 2.00 bits per heavy atom. The van der Waals surface area contributed by atoms with Gasteiger partial charge in [-0.1, -0.05) is 0 Å². The van der Waals surface area contributed by atoms with E-state index < -0.39 is 34.5 Å². The molecule has 122 valence electrons. The highest BCUT2D eigenvalue weighted by molar-refractivity contribution is 7.80. The maximum atomic E-state index is 11.9. The van der Waals surface area contributed by atoms with Crippen LogP contribution in [0.5, 0.6) is 0 Å². The van der Waals surface area contributed by atoms with Crippen LogP contribution in [0.15, 0.2) is 0 Å². The molecular weight excluding hydrogens is 306 g/mol. The first-order valence-electron chi connectivity index (χ1n) is 6.28. The molecule has 2 atom stereocenters. The van der Waals surface area contributed by atoms with E-state index in [-0.39, 0.29) is 19.1 Å². The largest absolute Gasteiger partial charge is 0.447 e. The van der Waals surface area contributed by atoms with E-state index >= 15 is 0 Å². The monoisotopic (exact) mass is 325 g/mol. The van der Waals surface area contributed by atoms with Gasteiger partial charge in [0.2, 0.25) is 5.91 Å². The first-order chi connectivity index (χ1) is 9.60. The zero-order valence-corrected chi connectivity index (χ0v) is 12.5. The Bertz CT molecular complexity index is 493. The van der Waals surface area contributed by atoms with Crippen molar-refractivity contribution in [2.24, 2.45) is 5.73 Å². The molecule has 1 rings (SSSR count). The molecule has 21 heavy (non-hydrogen) atoms. The summed E-state index contributed by atoms with van der Waals surface area (Å²) in [4.78, 5) is 24.4. The molecule has 1 saturated heterocycles. The SMILES string of the molecule is CC(C)OC(=O)N1C[C@H](NOS(=O)(=O)O)CC[C@H]1C(N)=O. The summed E-state index contributed by atoms with van der Waals surface area (Å²) >= 11 is 0. The van der Waals surface area contributed by atoms with Crippen LogP contribution in [0.1, 0.15) is 26.7 Å². The summed E-state index contributed by atoms with van der Waals surface area (Å²) < 4.78 is 38.6. The number of ether oxygens (including phenoxy) is 1. The third-order valence-electron chi connectivity index (χ3n) is 2.80. The first-order valence-corrected chi connectivity index (χ1v) is 7.64. The predicted molar refractivity (Wildman–Crippen MR) is 70.1 cm³/mol. The number of carbonyl (C=O) groups is 2. The average molecular weight is 325 g/mol. The lowest BCUT2D eigenvalue weighted by atomic mass is 9.99. The van der Waals surface area contributed by atoms with E-state index in [4.69, 9.17) is 15.0 Å². The number of hydroxylamine groups is 1. The maximum Gasteiger partial charge on any atom is 0.413 e. The predicted octanol–water partition coefficient (Wildman–Crippen LogP) is -0.826. The highest BCUT2D eigenvalue weighted by Gasteiger charge is 2.36. The summed E-state index contributed by atoms with van der Waals surface area (Å²) in [5, 5.41) is 0. The van der Waals surface area contributed by atoms with Crippen LogP contribution in [0.3, 0.4) is 0 Å². The van der Waals surface area contributed by atoms with Crippen LogP contribution in [0.4, 0.5) is 4.79 Å². The van der Waals surface area contributed by atoms with Gasteiger partial charge in [-0.25, -0.2) is 4.79 Å². The number of nitrogens with one attached hydrogen (secondary N) is 1. The number of piperidine rings is 1. The summed E-state index contributed by atoms with van der Waals surface area (Å²) in [6.07, 6.45) is -0.565. The van der Waals surface area contributed by atoms with Crippen LogP contribution in [0.25, 0.3) is 0 Å². The Kier molecular flexibility index (Phi) is 5.89. The molecule has 1 heterocycles. The quantitative estimate of drug-likeness (QED) is 0.438. The van der Waals surface area contributed by atoms with Gasteiger partial charge in [0.1, 0.15) is 6.04 Å². The molecule has 1 fully saturated rings. The molecule has 4 N–H and O–H groups in total. The van der Waals surface area contributed by atoms with Crippen LogP contribution in [0.2, 0.25) is 0 Å². The van der Waals surface area contributed by atoms with E-state index in [9.17, 15) is 18.0 Å². The molecule has 1 aliphatic rings. The van der Waals surface area contributed by atoms with Gasteiger partial charge in [-0.15, -0.1) is 0 Å². The number of carbonyl (C=O) groups excluding carboxylic acids is 2. The molecule has 0 aromatic heterocycles. The molecule has 0 saturated carbocycles. The highest BCUT2D eigenvalue weighted by atomic mass is 32.3. The van der Waals surface area contributed by atoms with Crippen molar-refractivity contribution in [1.29, 1.82) is 0 Å². The normalized spacial score (nSPS) is 23.1. The lowest BCUT2D eigenvalue weighted by Gasteiger charge is -2.37. The Morgan fingerprint density at radius 3 is 2.48 bits per heavy atom. The third kappa shape index (κ3) is 5.83. The van der Waals surface area contributed by atoms with Crippen molar-refractivity contribution in [3.05, 3.63) is 0 Å². The van der Waals surface area contributed by atoms with E-state index in [0.717, 1.165) is 4.90 Å². The lowest BCUT2D eigenvalue weighted by Crippen LogP contribution is -2.57. The van der Waals surface area contributed by atoms with E-state index in [0.29, 0.717) is 6.42 Å². The van der Waals surface area contributed by atoms with Gasteiger partial charge in [0, 0.05) is 6.54 Å². The minimum atomic E-state index is -4.65. The van der Waals surface area contributed by atoms with Crippen LogP contribution in [-0.2, 0) is 24.2 Å². The van der Waals surface area contributed by atoms with Gasteiger partial charge < -0.3 is 10.5 Å². The fourth-order valence-corrected chi connectivity index (χ4v) is 2.22. The van der Waals surface area contributed by atoms with Gasteiger partial charge in [0.15, 0.2) is 0 Å². The number of hydrogen-bond donors (Lipinski definition) is 3. The Hall–Kier alpha value is -1.43. The number of hydrogen-bond acceptors (Lipinski definition) is 7. The molecular formula is C10H19N3O7S. The third-order valence-corrected chi connectivity index (χ3v) is 3.11. The van der Waals surface area contributed by atoms with Crippen molar-refractivity contribution in [3.8, 4) is 0 Å². The van der Waals surface area contributed by atoms with Crippen molar-refractivity contribution in [3.63, 3.8) is 0 Å². The van der Waals surface area contributed by atoms with E-state index in [2.05, 4.69) is 9.76 Å². The van der Waals surface area contributed by atoms with Gasteiger partial charge >= 0.3 is 16.5 Å². The summed E-state index contributed by atoms with van der Waals surface area (Å²) in [6.45, 7) is 3.26. The number of amides is 2. The number of primary amides is 1. The molecule has 0 spiro atoms. The molecule has 1 aliphatic heterocycles.